The van der Waals surface area contributed by atoms with Crippen LogP contribution in [-0.2, 0) is 11.2 Å². The Bertz CT molecular complexity index is 608. The molecule has 0 heterocycles. The van der Waals surface area contributed by atoms with E-state index in [1.807, 2.05) is 55.5 Å². The van der Waals surface area contributed by atoms with E-state index < -0.39 is 0 Å². The molecule has 0 aliphatic heterocycles. The van der Waals surface area contributed by atoms with E-state index in [1.165, 1.54) is 0 Å². The van der Waals surface area contributed by atoms with Gasteiger partial charge in [0.2, 0.25) is 0 Å². The van der Waals surface area contributed by atoms with Gasteiger partial charge in [-0.3, -0.25) is 4.79 Å². The Morgan fingerprint density at radius 3 is 2.55 bits per heavy atom. The molecular formula is C18H21NO3. The second-order valence-corrected chi connectivity index (χ2v) is 5.05. The van der Waals surface area contributed by atoms with Gasteiger partial charge in [0.1, 0.15) is 11.5 Å². The van der Waals surface area contributed by atoms with E-state index >= 15 is 0 Å². The molecular weight excluding hydrogens is 278 g/mol. The molecule has 0 spiro atoms. The highest BCUT2D eigenvalue weighted by Gasteiger charge is 2.03. The van der Waals surface area contributed by atoms with Crippen LogP contribution in [0.3, 0.4) is 0 Å². The molecule has 0 saturated carbocycles. The van der Waals surface area contributed by atoms with Gasteiger partial charge in [-0.25, -0.2) is 0 Å². The number of ether oxygens (including phenoxy) is 2. The third kappa shape index (κ3) is 5.13. The summed E-state index contributed by atoms with van der Waals surface area (Å²) in [5, 5.41) is 2.85. The van der Waals surface area contributed by atoms with Crippen LogP contribution in [0.5, 0.6) is 11.5 Å². The predicted molar refractivity (Wildman–Crippen MR) is 86.4 cm³/mol. The van der Waals surface area contributed by atoms with Crippen molar-refractivity contribution in [2.45, 2.75) is 13.3 Å². The second-order valence-electron chi connectivity index (χ2n) is 5.05. The lowest BCUT2D eigenvalue weighted by molar-refractivity contribution is -0.123. The summed E-state index contributed by atoms with van der Waals surface area (Å²) in [6.45, 7) is 2.61. The van der Waals surface area contributed by atoms with Crippen molar-refractivity contribution < 1.29 is 14.3 Å². The van der Waals surface area contributed by atoms with Gasteiger partial charge in [0.05, 0.1) is 7.11 Å². The molecule has 0 aromatic heterocycles. The van der Waals surface area contributed by atoms with Crippen molar-refractivity contribution in [2.24, 2.45) is 0 Å². The van der Waals surface area contributed by atoms with Crippen LogP contribution in [0.1, 0.15) is 11.1 Å². The topological polar surface area (TPSA) is 47.6 Å². The van der Waals surface area contributed by atoms with Crippen LogP contribution < -0.4 is 14.8 Å². The molecule has 2 rings (SSSR count). The van der Waals surface area contributed by atoms with Gasteiger partial charge in [-0.05, 0) is 48.7 Å². The highest BCUT2D eigenvalue weighted by atomic mass is 16.5. The summed E-state index contributed by atoms with van der Waals surface area (Å²) in [4.78, 5) is 11.7. The Kier molecular flexibility index (Phi) is 5.83. The van der Waals surface area contributed by atoms with E-state index in [1.54, 1.807) is 7.11 Å². The number of amides is 1. The highest BCUT2D eigenvalue weighted by molar-refractivity contribution is 5.77. The minimum Gasteiger partial charge on any atom is -0.497 e. The number of rotatable bonds is 7. The largest absolute Gasteiger partial charge is 0.497 e. The first-order chi connectivity index (χ1) is 10.7. The van der Waals surface area contributed by atoms with Gasteiger partial charge < -0.3 is 14.8 Å². The molecule has 2 aromatic carbocycles. The maximum absolute atomic E-state index is 11.7. The zero-order valence-corrected chi connectivity index (χ0v) is 13.0. The maximum atomic E-state index is 11.7. The van der Waals surface area contributed by atoms with Crippen molar-refractivity contribution in [2.75, 3.05) is 20.3 Å². The van der Waals surface area contributed by atoms with E-state index in [0.29, 0.717) is 12.3 Å². The summed E-state index contributed by atoms with van der Waals surface area (Å²) in [5.41, 5.74) is 2.26. The Balaban J connectivity index is 1.69. The molecule has 0 atom stereocenters. The van der Waals surface area contributed by atoms with Crippen LogP contribution in [0, 0.1) is 6.92 Å². The van der Waals surface area contributed by atoms with Crippen LogP contribution in [0.25, 0.3) is 0 Å². The average Bonchev–Trinajstić information content (AvgIpc) is 2.54. The van der Waals surface area contributed by atoms with Gasteiger partial charge >= 0.3 is 0 Å². The third-order valence-corrected chi connectivity index (χ3v) is 3.25. The number of aryl methyl sites for hydroxylation is 1. The Morgan fingerprint density at radius 2 is 1.86 bits per heavy atom. The van der Waals surface area contributed by atoms with E-state index in [0.717, 1.165) is 23.3 Å². The van der Waals surface area contributed by atoms with Gasteiger partial charge in [0.15, 0.2) is 6.61 Å². The molecule has 22 heavy (non-hydrogen) atoms. The predicted octanol–water partition coefficient (Wildman–Crippen LogP) is 2.74. The number of hydrogen-bond donors (Lipinski definition) is 1. The number of nitrogens with one attached hydrogen (secondary N) is 1. The fraction of sp³-hybridized carbons (Fsp3) is 0.278. The molecule has 0 saturated heterocycles. The SMILES string of the molecule is COc1ccc(CCNC(=O)COc2cccc(C)c2)cc1. The zero-order valence-electron chi connectivity index (χ0n) is 13.0. The van der Waals surface area contributed by atoms with Gasteiger partial charge in [-0.1, -0.05) is 24.3 Å². The fourth-order valence-corrected chi connectivity index (χ4v) is 2.04. The third-order valence-electron chi connectivity index (χ3n) is 3.25. The van der Waals surface area contributed by atoms with Crippen LogP contribution in [0.15, 0.2) is 48.5 Å². The van der Waals surface area contributed by atoms with Crippen molar-refractivity contribution >= 4 is 5.91 Å². The fourth-order valence-electron chi connectivity index (χ4n) is 2.04. The van der Waals surface area contributed by atoms with E-state index in [-0.39, 0.29) is 12.5 Å². The Labute approximate surface area is 131 Å². The van der Waals surface area contributed by atoms with Crippen LogP contribution in [0.2, 0.25) is 0 Å². The van der Waals surface area contributed by atoms with Crippen molar-refractivity contribution in [3.05, 3.63) is 59.7 Å². The quantitative estimate of drug-likeness (QED) is 0.855. The van der Waals surface area contributed by atoms with Crippen molar-refractivity contribution in [3.8, 4) is 11.5 Å². The van der Waals surface area contributed by atoms with Crippen molar-refractivity contribution in [3.63, 3.8) is 0 Å². The monoisotopic (exact) mass is 299 g/mol. The molecule has 4 heteroatoms. The molecule has 0 unspecified atom stereocenters. The van der Waals surface area contributed by atoms with Gasteiger partial charge in [0, 0.05) is 6.54 Å². The normalized spacial score (nSPS) is 10.1. The Morgan fingerprint density at radius 1 is 1.09 bits per heavy atom. The highest BCUT2D eigenvalue weighted by Crippen LogP contribution is 2.12. The van der Waals surface area contributed by atoms with Crippen LogP contribution in [0.4, 0.5) is 0 Å². The lowest BCUT2D eigenvalue weighted by Crippen LogP contribution is -2.30. The number of carbonyl (C=O) groups is 1. The first-order valence-electron chi connectivity index (χ1n) is 7.26. The minimum atomic E-state index is -0.116. The summed E-state index contributed by atoms with van der Waals surface area (Å²) in [6, 6.07) is 15.5. The molecule has 0 aliphatic carbocycles. The molecule has 1 amide bonds. The summed E-state index contributed by atoms with van der Waals surface area (Å²) in [5.74, 6) is 1.43. The molecule has 0 bridgehead atoms. The van der Waals surface area contributed by atoms with E-state index in [9.17, 15) is 4.79 Å². The van der Waals surface area contributed by atoms with Crippen LogP contribution >= 0.6 is 0 Å². The molecule has 0 fully saturated rings. The molecule has 116 valence electrons. The number of benzene rings is 2. The van der Waals surface area contributed by atoms with E-state index in [2.05, 4.69) is 5.32 Å². The summed E-state index contributed by atoms with van der Waals surface area (Å²) < 4.78 is 10.6. The van der Waals surface area contributed by atoms with E-state index in [4.69, 9.17) is 9.47 Å². The summed E-state index contributed by atoms with van der Waals surface area (Å²) in [7, 11) is 1.64. The van der Waals surface area contributed by atoms with Crippen molar-refractivity contribution in [1.29, 1.82) is 0 Å². The molecule has 2 aromatic rings. The lowest BCUT2D eigenvalue weighted by Gasteiger charge is -2.08. The molecule has 1 N–H and O–H groups in total. The molecule has 0 aliphatic rings. The van der Waals surface area contributed by atoms with Gasteiger partial charge in [-0.15, -0.1) is 0 Å². The molecule has 4 nitrogen and oxygen atoms in total. The number of hydrogen-bond acceptors (Lipinski definition) is 3. The number of methoxy groups -OCH3 is 1. The second kappa shape index (κ2) is 8.08. The standard InChI is InChI=1S/C18H21NO3/c1-14-4-3-5-17(12-14)22-13-18(20)19-11-10-15-6-8-16(21-2)9-7-15/h3-9,12H,10-11,13H2,1-2H3,(H,19,20). The summed E-state index contributed by atoms with van der Waals surface area (Å²) in [6.07, 6.45) is 0.778. The average molecular weight is 299 g/mol. The van der Waals surface area contributed by atoms with Crippen LogP contribution in [-0.4, -0.2) is 26.2 Å². The number of carbonyl (C=O) groups excluding carboxylic acids is 1. The maximum Gasteiger partial charge on any atom is 0.257 e. The zero-order chi connectivity index (χ0) is 15.8. The van der Waals surface area contributed by atoms with Gasteiger partial charge in [-0.2, -0.15) is 0 Å². The lowest BCUT2D eigenvalue weighted by atomic mass is 10.1. The molecule has 0 radical (unpaired) electrons. The van der Waals surface area contributed by atoms with Gasteiger partial charge in [0.25, 0.3) is 5.91 Å². The minimum absolute atomic E-state index is 0.0338. The first kappa shape index (κ1) is 15.9. The van der Waals surface area contributed by atoms with Crippen molar-refractivity contribution in [1.82, 2.24) is 5.32 Å². The Hall–Kier alpha value is -2.49. The first-order valence-corrected chi connectivity index (χ1v) is 7.26. The smallest absolute Gasteiger partial charge is 0.257 e. The summed E-state index contributed by atoms with van der Waals surface area (Å²) >= 11 is 0.